The van der Waals surface area contributed by atoms with E-state index in [0.717, 1.165) is 9.75 Å². The highest BCUT2D eigenvalue weighted by molar-refractivity contribution is 7.14. The number of amides is 1. The van der Waals surface area contributed by atoms with E-state index in [1.807, 2.05) is 6.07 Å². The second-order valence-electron chi connectivity index (χ2n) is 3.25. The first-order valence-corrected chi connectivity index (χ1v) is 5.75. The lowest BCUT2D eigenvalue weighted by atomic mass is 10.3. The SMILES string of the molecule is CC(=O)NCCC#Cc1ccc(C(C)=O)s1. The maximum atomic E-state index is 11.0. The molecule has 1 aromatic rings. The van der Waals surface area contributed by atoms with Crippen LogP contribution >= 0.6 is 11.3 Å². The fourth-order valence-electron chi connectivity index (χ4n) is 1.04. The van der Waals surface area contributed by atoms with Gasteiger partial charge in [-0.25, -0.2) is 0 Å². The van der Waals surface area contributed by atoms with Crippen molar-refractivity contribution in [2.24, 2.45) is 0 Å². The average molecular weight is 235 g/mol. The fourth-order valence-corrected chi connectivity index (χ4v) is 1.82. The van der Waals surface area contributed by atoms with Crippen molar-refractivity contribution in [3.63, 3.8) is 0 Å². The molecule has 0 aromatic carbocycles. The highest BCUT2D eigenvalue weighted by Crippen LogP contribution is 2.15. The monoisotopic (exact) mass is 235 g/mol. The van der Waals surface area contributed by atoms with Gasteiger partial charge in [0.05, 0.1) is 9.75 Å². The first kappa shape index (κ1) is 12.5. The summed E-state index contributed by atoms with van der Waals surface area (Å²) < 4.78 is 0. The molecule has 0 aliphatic rings. The maximum Gasteiger partial charge on any atom is 0.216 e. The molecule has 0 aliphatic carbocycles. The molecule has 3 nitrogen and oxygen atoms in total. The molecule has 0 spiro atoms. The number of hydrogen-bond donors (Lipinski definition) is 1. The molecule has 84 valence electrons. The van der Waals surface area contributed by atoms with Gasteiger partial charge in [0.25, 0.3) is 0 Å². The minimum absolute atomic E-state index is 0.0446. The summed E-state index contributed by atoms with van der Waals surface area (Å²) in [6.07, 6.45) is 0.618. The second-order valence-corrected chi connectivity index (χ2v) is 4.34. The van der Waals surface area contributed by atoms with Crippen LogP contribution in [0.5, 0.6) is 0 Å². The Hall–Kier alpha value is -1.60. The van der Waals surface area contributed by atoms with E-state index in [4.69, 9.17) is 0 Å². The zero-order valence-electron chi connectivity index (χ0n) is 9.29. The molecule has 0 fully saturated rings. The first-order valence-electron chi connectivity index (χ1n) is 4.93. The molecule has 1 aromatic heterocycles. The van der Waals surface area contributed by atoms with Gasteiger partial charge in [-0.2, -0.15) is 0 Å². The van der Waals surface area contributed by atoms with Crippen LogP contribution in [-0.2, 0) is 4.79 Å². The summed E-state index contributed by atoms with van der Waals surface area (Å²) in [4.78, 5) is 23.2. The number of Topliss-reactive ketones (excluding diaryl/α,β-unsaturated/α-hetero) is 1. The topological polar surface area (TPSA) is 46.2 Å². The van der Waals surface area contributed by atoms with Gasteiger partial charge in [0, 0.05) is 19.9 Å². The van der Waals surface area contributed by atoms with E-state index in [0.29, 0.717) is 13.0 Å². The van der Waals surface area contributed by atoms with Crippen LogP contribution in [0.15, 0.2) is 12.1 Å². The molecule has 1 N–H and O–H groups in total. The summed E-state index contributed by atoms with van der Waals surface area (Å²) >= 11 is 1.39. The normalized spacial score (nSPS) is 9.12. The summed E-state index contributed by atoms with van der Waals surface area (Å²) in [5.74, 6) is 5.92. The Morgan fingerprint density at radius 1 is 1.38 bits per heavy atom. The van der Waals surface area contributed by atoms with Crippen molar-refractivity contribution in [1.29, 1.82) is 0 Å². The molecule has 0 saturated heterocycles. The molecule has 1 rings (SSSR count). The number of thiophene rings is 1. The molecule has 0 aliphatic heterocycles. The number of ketones is 1. The van der Waals surface area contributed by atoms with Gasteiger partial charge in [-0.3, -0.25) is 9.59 Å². The molecule has 1 amide bonds. The van der Waals surface area contributed by atoms with Crippen LogP contribution < -0.4 is 5.32 Å². The third-order valence-electron chi connectivity index (χ3n) is 1.79. The fraction of sp³-hybridized carbons (Fsp3) is 0.333. The van der Waals surface area contributed by atoms with E-state index >= 15 is 0 Å². The van der Waals surface area contributed by atoms with Gasteiger partial charge in [-0.05, 0) is 19.1 Å². The quantitative estimate of drug-likeness (QED) is 0.493. The van der Waals surface area contributed by atoms with Crippen molar-refractivity contribution in [1.82, 2.24) is 5.32 Å². The van der Waals surface area contributed by atoms with Gasteiger partial charge in [-0.15, -0.1) is 11.3 Å². The van der Waals surface area contributed by atoms with Crippen molar-refractivity contribution in [3.8, 4) is 11.8 Å². The largest absolute Gasteiger partial charge is 0.355 e. The van der Waals surface area contributed by atoms with Gasteiger partial charge in [0.1, 0.15) is 0 Å². The van der Waals surface area contributed by atoms with Crippen LogP contribution in [0.3, 0.4) is 0 Å². The van der Waals surface area contributed by atoms with Gasteiger partial charge in [-0.1, -0.05) is 11.8 Å². The Morgan fingerprint density at radius 2 is 2.12 bits per heavy atom. The minimum atomic E-state index is -0.0446. The van der Waals surface area contributed by atoms with Crippen LogP contribution in [-0.4, -0.2) is 18.2 Å². The van der Waals surface area contributed by atoms with E-state index < -0.39 is 0 Å². The third kappa shape index (κ3) is 4.28. The van der Waals surface area contributed by atoms with E-state index in [1.165, 1.54) is 18.3 Å². The Kier molecular flexibility index (Phi) is 4.74. The van der Waals surface area contributed by atoms with E-state index in [1.54, 1.807) is 13.0 Å². The smallest absolute Gasteiger partial charge is 0.216 e. The second kappa shape index (κ2) is 6.09. The molecule has 0 atom stereocenters. The molecule has 16 heavy (non-hydrogen) atoms. The van der Waals surface area contributed by atoms with Crippen molar-refractivity contribution in [2.75, 3.05) is 6.54 Å². The molecule has 0 radical (unpaired) electrons. The number of rotatable bonds is 3. The highest BCUT2D eigenvalue weighted by atomic mass is 32.1. The molecule has 1 heterocycles. The minimum Gasteiger partial charge on any atom is -0.355 e. The predicted molar refractivity (Wildman–Crippen MR) is 64.5 cm³/mol. The lowest BCUT2D eigenvalue weighted by molar-refractivity contribution is -0.118. The van der Waals surface area contributed by atoms with Crippen LogP contribution in [0, 0.1) is 11.8 Å². The average Bonchev–Trinajstić information content (AvgIpc) is 2.65. The molecule has 0 saturated carbocycles. The first-order chi connectivity index (χ1) is 7.59. The van der Waals surface area contributed by atoms with E-state index in [2.05, 4.69) is 17.2 Å². The maximum absolute atomic E-state index is 11.0. The standard InChI is InChI=1S/C12H13NO2S/c1-9(14)12-7-6-11(16-12)5-3-4-8-13-10(2)15/h6-7H,4,8H2,1-2H3,(H,13,15). The summed E-state index contributed by atoms with van der Waals surface area (Å²) in [5, 5.41) is 2.66. The Morgan fingerprint density at radius 3 is 2.69 bits per heavy atom. The lowest BCUT2D eigenvalue weighted by Gasteiger charge is -1.94. The van der Waals surface area contributed by atoms with E-state index in [9.17, 15) is 9.59 Å². The van der Waals surface area contributed by atoms with Crippen molar-refractivity contribution in [2.45, 2.75) is 20.3 Å². The van der Waals surface area contributed by atoms with Gasteiger partial charge in [0.15, 0.2) is 5.78 Å². The van der Waals surface area contributed by atoms with Gasteiger partial charge in [0.2, 0.25) is 5.91 Å². The number of nitrogens with one attached hydrogen (secondary N) is 1. The number of carbonyl (C=O) groups is 2. The van der Waals surface area contributed by atoms with Crippen molar-refractivity contribution < 1.29 is 9.59 Å². The van der Waals surface area contributed by atoms with Gasteiger partial charge >= 0.3 is 0 Å². The van der Waals surface area contributed by atoms with Crippen LogP contribution in [0.2, 0.25) is 0 Å². The summed E-state index contributed by atoms with van der Waals surface area (Å²) in [5.41, 5.74) is 0. The Bertz CT molecular complexity index is 451. The highest BCUT2D eigenvalue weighted by Gasteiger charge is 2.01. The lowest BCUT2D eigenvalue weighted by Crippen LogP contribution is -2.20. The molecule has 0 bridgehead atoms. The Labute approximate surface area is 98.9 Å². The van der Waals surface area contributed by atoms with Crippen molar-refractivity contribution in [3.05, 3.63) is 21.9 Å². The van der Waals surface area contributed by atoms with E-state index in [-0.39, 0.29) is 11.7 Å². The zero-order chi connectivity index (χ0) is 12.0. The summed E-state index contributed by atoms with van der Waals surface area (Å²) in [7, 11) is 0. The molecule has 0 unspecified atom stereocenters. The zero-order valence-corrected chi connectivity index (χ0v) is 10.1. The Balaban J connectivity index is 2.44. The summed E-state index contributed by atoms with van der Waals surface area (Å²) in [6.45, 7) is 3.58. The number of hydrogen-bond acceptors (Lipinski definition) is 3. The van der Waals surface area contributed by atoms with Crippen LogP contribution in [0.4, 0.5) is 0 Å². The number of carbonyl (C=O) groups excluding carboxylic acids is 2. The third-order valence-corrected chi connectivity index (χ3v) is 2.89. The summed E-state index contributed by atoms with van der Waals surface area (Å²) in [6, 6.07) is 3.62. The molecular weight excluding hydrogens is 222 g/mol. The molecule has 4 heteroatoms. The van der Waals surface area contributed by atoms with Crippen molar-refractivity contribution >= 4 is 23.0 Å². The van der Waals surface area contributed by atoms with Gasteiger partial charge < -0.3 is 5.32 Å². The molecular formula is C12H13NO2S. The predicted octanol–water partition coefficient (Wildman–Crippen LogP) is 1.83. The van der Waals surface area contributed by atoms with Crippen LogP contribution in [0.25, 0.3) is 0 Å². The van der Waals surface area contributed by atoms with Crippen LogP contribution in [0.1, 0.15) is 34.8 Å².